The van der Waals surface area contributed by atoms with Gasteiger partial charge in [0, 0.05) is 9.89 Å². The van der Waals surface area contributed by atoms with Crippen LogP contribution in [0.25, 0.3) is 0 Å². The topological polar surface area (TPSA) is 0 Å². The fourth-order valence-corrected chi connectivity index (χ4v) is 3.28. The second kappa shape index (κ2) is 5.81. The van der Waals surface area contributed by atoms with Gasteiger partial charge in [-0.15, -0.1) is 6.58 Å². The van der Waals surface area contributed by atoms with Crippen LogP contribution in [0.1, 0.15) is 44.4 Å². The molecule has 0 aromatic heterocycles. The molecular weight excluding hydrogens is 320 g/mol. The predicted octanol–water partition coefficient (Wildman–Crippen LogP) is 6.24. The zero-order chi connectivity index (χ0) is 15.7. The van der Waals surface area contributed by atoms with E-state index in [-0.39, 0.29) is 10.8 Å². The smallest absolute Gasteiger partial charge is 0.0362 e. The number of hydrogen-bond donors (Lipinski definition) is 0. The van der Waals surface area contributed by atoms with Crippen LogP contribution in [0.5, 0.6) is 0 Å². The fourth-order valence-electron chi connectivity index (χ4n) is 2.58. The molecule has 0 saturated carbocycles. The Balaban J connectivity index is 2.51. The number of halogens is 1. The minimum atomic E-state index is -0.198. The van der Waals surface area contributed by atoms with Crippen molar-refractivity contribution >= 4 is 15.9 Å². The molecule has 0 unspecified atom stereocenters. The monoisotopic (exact) mass is 342 g/mol. The first-order chi connectivity index (χ1) is 9.79. The highest BCUT2D eigenvalue weighted by atomic mass is 79.9. The van der Waals surface area contributed by atoms with Gasteiger partial charge >= 0.3 is 0 Å². The second-order valence-electron chi connectivity index (χ2n) is 6.71. The Kier molecular flexibility index (Phi) is 4.43. The molecule has 0 spiro atoms. The molecular formula is C20H23Br. The third kappa shape index (κ3) is 3.13. The summed E-state index contributed by atoms with van der Waals surface area (Å²) in [7, 11) is 0. The van der Waals surface area contributed by atoms with Gasteiger partial charge in [-0.1, -0.05) is 85.2 Å². The molecule has 0 saturated heterocycles. The Bertz CT molecular complexity index is 632. The summed E-state index contributed by atoms with van der Waals surface area (Å²) in [5.74, 6) is 0. The molecule has 2 aromatic carbocycles. The predicted molar refractivity (Wildman–Crippen MR) is 95.9 cm³/mol. The first kappa shape index (κ1) is 16.0. The summed E-state index contributed by atoms with van der Waals surface area (Å²) in [5.41, 5.74) is 3.83. The Morgan fingerprint density at radius 2 is 1.38 bits per heavy atom. The molecule has 0 aliphatic rings. The molecule has 2 aromatic rings. The van der Waals surface area contributed by atoms with Crippen molar-refractivity contribution in [2.75, 3.05) is 0 Å². The third-order valence-electron chi connectivity index (χ3n) is 4.19. The van der Waals surface area contributed by atoms with Gasteiger partial charge in [0.15, 0.2) is 0 Å². The summed E-state index contributed by atoms with van der Waals surface area (Å²) in [6.45, 7) is 13.0. The lowest BCUT2D eigenvalue weighted by Crippen LogP contribution is -2.21. The standard InChI is InChI=1S/C20H23Br/c1-6-20(5,17-9-7-8-10-18(17)21)16-13-11-15(12-14-16)19(2,3)4/h6-14H,1H2,2-5H3/t20-/m1/s1. The molecule has 0 nitrogen and oxygen atoms in total. The summed E-state index contributed by atoms with van der Waals surface area (Å²) in [4.78, 5) is 0. The molecule has 21 heavy (non-hydrogen) atoms. The van der Waals surface area contributed by atoms with Crippen LogP contribution in [0.4, 0.5) is 0 Å². The Hall–Kier alpha value is -1.34. The lowest BCUT2D eigenvalue weighted by atomic mass is 9.75. The first-order valence-electron chi connectivity index (χ1n) is 7.28. The van der Waals surface area contributed by atoms with Crippen LogP contribution < -0.4 is 0 Å². The van der Waals surface area contributed by atoms with Crippen LogP contribution >= 0.6 is 15.9 Å². The average Bonchev–Trinajstić information content (AvgIpc) is 2.46. The molecule has 0 heterocycles. The van der Waals surface area contributed by atoms with Gasteiger partial charge in [0.1, 0.15) is 0 Å². The van der Waals surface area contributed by atoms with E-state index >= 15 is 0 Å². The van der Waals surface area contributed by atoms with Crippen LogP contribution in [0.3, 0.4) is 0 Å². The summed E-state index contributed by atoms with van der Waals surface area (Å²) < 4.78 is 1.12. The lowest BCUT2D eigenvalue weighted by molar-refractivity contribution is 0.589. The highest BCUT2D eigenvalue weighted by Gasteiger charge is 2.27. The van der Waals surface area contributed by atoms with Crippen LogP contribution in [-0.2, 0) is 10.8 Å². The van der Waals surface area contributed by atoms with E-state index in [0.717, 1.165) is 4.47 Å². The van der Waals surface area contributed by atoms with Crippen molar-refractivity contribution in [2.45, 2.75) is 38.5 Å². The van der Waals surface area contributed by atoms with Crippen molar-refractivity contribution in [2.24, 2.45) is 0 Å². The number of rotatable bonds is 3. The fraction of sp³-hybridized carbons (Fsp3) is 0.300. The average molecular weight is 343 g/mol. The highest BCUT2D eigenvalue weighted by Crippen LogP contribution is 2.38. The molecule has 0 N–H and O–H groups in total. The maximum absolute atomic E-state index is 4.08. The molecule has 0 radical (unpaired) electrons. The summed E-state index contributed by atoms with van der Waals surface area (Å²) in [6, 6.07) is 17.3. The molecule has 0 aliphatic heterocycles. The first-order valence-corrected chi connectivity index (χ1v) is 8.08. The Morgan fingerprint density at radius 1 is 0.857 bits per heavy atom. The van der Waals surface area contributed by atoms with Gasteiger partial charge in [-0.05, 0) is 35.1 Å². The van der Waals surface area contributed by atoms with Crippen LogP contribution in [0, 0.1) is 0 Å². The quantitative estimate of drug-likeness (QED) is 0.579. The Labute approximate surface area is 137 Å². The van der Waals surface area contributed by atoms with E-state index in [0.29, 0.717) is 0 Å². The third-order valence-corrected chi connectivity index (χ3v) is 4.88. The van der Waals surface area contributed by atoms with Gasteiger partial charge in [-0.2, -0.15) is 0 Å². The van der Waals surface area contributed by atoms with E-state index in [2.05, 4.69) is 92.7 Å². The summed E-state index contributed by atoms with van der Waals surface area (Å²) in [6.07, 6.45) is 2.03. The van der Waals surface area contributed by atoms with Gasteiger partial charge in [0.25, 0.3) is 0 Å². The Morgan fingerprint density at radius 3 is 1.86 bits per heavy atom. The maximum atomic E-state index is 4.08. The molecule has 1 atom stereocenters. The lowest BCUT2D eigenvalue weighted by Gasteiger charge is -2.29. The van der Waals surface area contributed by atoms with E-state index in [1.807, 2.05) is 12.1 Å². The number of hydrogen-bond acceptors (Lipinski definition) is 0. The maximum Gasteiger partial charge on any atom is 0.0362 e. The van der Waals surface area contributed by atoms with E-state index < -0.39 is 0 Å². The van der Waals surface area contributed by atoms with Crippen molar-refractivity contribution in [3.8, 4) is 0 Å². The van der Waals surface area contributed by atoms with E-state index in [1.54, 1.807) is 0 Å². The molecule has 0 amide bonds. The normalized spacial score (nSPS) is 14.5. The van der Waals surface area contributed by atoms with Crippen LogP contribution in [0.2, 0.25) is 0 Å². The zero-order valence-corrected chi connectivity index (χ0v) is 14.9. The van der Waals surface area contributed by atoms with Crippen molar-refractivity contribution in [3.05, 3.63) is 82.3 Å². The van der Waals surface area contributed by atoms with Crippen LogP contribution in [-0.4, -0.2) is 0 Å². The molecule has 110 valence electrons. The summed E-state index contributed by atoms with van der Waals surface area (Å²) >= 11 is 3.67. The van der Waals surface area contributed by atoms with Gasteiger partial charge in [0.05, 0.1) is 0 Å². The van der Waals surface area contributed by atoms with Gasteiger partial charge in [-0.3, -0.25) is 0 Å². The van der Waals surface area contributed by atoms with E-state index in [1.165, 1.54) is 16.7 Å². The minimum absolute atomic E-state index is 0.177. The minimum Gasteiger partial charge on any atom is -0.102 e. The zero-order valence-electron chi connectivity index (χ0n) is 13.3. The van der Waals surface area contributed by atoms with Gasteiger partial charge in [-0.25, -0.2) is 0 Å². The molecule has 0 fully saturated rings. The SMILES string of the molecule is C=C[C@](C)(c1ccc(C(C)(C)C)cc1)c1ccccc1Br. The second-order valence-corrected chi connectivity index (χ2v) is 7.57. The summed E-state index contributed by atoms with van der Waals surface area (Å²) in [5, 5.41) is 0. The van der Waals surface area contributed by atoms with Crippen molar-refractivity contribution in [1.82, 2.24) is 0 Å². The molecule has 1 heteroatoms. The van der Waals surface area contributed by atoms with Crippen molar-refractivity contribution in [1.29, 1.82) is 0 Å². The van der Waals surface area contributed by atoms with E-state index in [4.69, 9.17) is 0 Å². The number of allylic oxidation sites excluding steroid dienone is 1. The van der Waals surface area contributed by atoms with Gasteiger partial charge < -0.3 is 0 Å². The molecule has 2 rings (SSSR count). The highest BCUT2D eigenvalue weighted by molar-refractivity contribution is 9.10. The van der Waals surface area contributed by atoms with Crippen LogP contribution in [0.15, 0.2) is 65.7 Å². The van der Waals surface area contributed by atoms with Crippen molar-refractivity contribution in [3.63, 3.8) is 0 Å². The van der Waals surface area contributed by atoms with E-state index in [9.17, 15) is 0 Å². The van der Waals surface area contributed by atoms with Crippen molar-refractivity contribution < 1.29 is 0 Å². The van der Waals surface area contributed by atoms with Gasteiger partial charge in [0.2, 0.25) is 0 Å². The molecule has 0 bridgehead atoms. The number of benzene rings is 2. The largest absolute Gasteiger partial charge is 0.102 e. The molecule has 0 aliphatic carbocycles.